The fraction of sp³-hybridized carbons (Fsp3) is 0.273. The topological polar surface area (TPSA) is 75.2 Å². The molecule has 1 aliphatic heterocycles. The molecule has 3 aromatic rings. The number of amides is 2. The first kappa shape index (κ1) is 20.2. The highest BCUT2D eigenvalue weighted by Gasteiger charge is 2.32. The van der Waals surface area contributed by atoms with Crippen molar-refractivity contribution in [3.63, 3.8) is 0 Å². The smallest absolute Gasteiger partial charge is 0.286 e. The summed E-state index contributed by atoms with van der Waals surface area (Å²) in [6.07, 6.45) is 2.83. The molecule has 2 aromatic carbocycles. The molecule has 0 spiro atoms. The van der Waals surface area contributed by atoms with Gasteiger partial charge in [-0.15, -0.1) is 10.2 Å². The van der Waals surface area contributed by atoms with E-state index < -0.39 is 11.7 Å². The minimum Gasteiger partial charge on any atom is -0.333 e. The minimum atomic E-state index is -0.440. The standard InChI is InChI=1S/C22H21FN4O2S/c23-16-8-4-9-17(14-16)24-20(29)22-26-25-21(30-22)18-10-5-13-27(18)19(28)12-11-15-6-2-1-3-7-15/h1-4,6-9,14,18H,5,10-13H2,(H,24,29)/t18-/m1/s1. The molecule has 1 atom stereocenters. The number of benzene rings is 2. The van der Waals surface area contributed by atoms with Gasteiger partial charge in [-0.25, -0.2) is 4.39 Å². The van der Waals surface area contributed by atoms with Gasteiger partial charge in [-0.1, -0.05) is 47.7 Å². The van der Waals surface area contributed by atoms with Crippen LogP contribution in [0.25, 0.3) is 0 Å². The number of anilines is 1. The molecule has 0 saturated carbocycles. The highest BCUT2D eigenvalue weighted by Crippen LogP contribution is 2.34. The quantitative estimate of drug-likeness (QED) is 0.643. The first-order valence-electron chi connectivity index (χ1n) is 9.84. The van der Waals surface area contributed by atoms with Crippen LogP contribution in [0.4, 0.5) is 10.1 Å². The number of aryl methyl sites for hydroxylation is 1. The molecule has 0 unspecified atom stereocenters. The second kappa shape index (κ2) is 9.13. The zero-order chi connectivity index (χ0) is 20.9. The van der Waals surface area contributed by atoms with Gasteiger partial charge in [0.25, 0.3) is 5.91 Å². The van der Waals surface area contributed by atoms with E-state index in [0.717, 1.165) is 18.4 Å². The summed E-state index contributed by atoms with van der Waals surface area (Å²) in [7, 11) is 0. The lowest BCUT2D eigenvalue weighted by Gasteiger charge is -2.22. The Morgan fingerprint density at radius 1 is 1.13 bits per heavy atom. The molecule has 0 radical (unpaired) electrons. The summed E-state index contributed by atoms with van der Waals surface area (Å²) in [5.41, 5.74) is 1.49. The van der Waals surface area contributed by atoms with Crippen molar-refractivity contribution in [1.29, 1.82) is 0 Å². The number of carbonyl (C=O) groups is 2. The molecule has 6 nitrogen and oxygen atoms in total. The number of hydrogen-bond acceptors (Lipinski definition) is 5. The first-order valence-corrected chi connectivity index (χ1v) is 10.7. The van der Waals surface area contributed by atoms with Crippen LogP contribution in [0.1, 0.15) is 45.7 Å². The van der Waals surface area contributed by atoms with Crippen LogP contribution in [0, 0.1) is 5.82 Å². The van der Waals surface area contributed by atoms with E-state index in [0.29, 0.717) is 30.1 Å². The van der Waals surface area contributed by atoms with Crippen LogP contribution in [0.2, 0.25) is 0 Å². The zero-order valence-corrected chi connectivity index (χ0v) is 17.1. The number of likely N-dealkylation sites (tertiary alicyclic amines) is 1. The summed E-state index contributed by atoms with van der Waals surface area (Å²) in [5, 5.41) is 11.6. The molecule has 4 rings (SSSR count). The van der Waals surface area contributed by atoms with E-state index >= 15 is 0 Å². The molecule has 0 bridgehead atoms. The Morgan fingerprint density at radius 3 is 2.77 bits per heavy atom. The molecule has 1 fully saturated rings. The van der Waals surface area contributed by atoms with Crippen LogP contribution < -0.4 is 5.32 Å². The SMILES string of the molecule is O=C(Nc1cccc(F)c1)c1nnc([C@H]2CCCN2C(=O)CCc2ccccc2)s1. The van der Waals surface area contributed by atoms with Crippen LogP contribution in [0.15, 0.2) is 54.6 Å². The van der Waals surface area contributed by atoms with Crippen molar-refractivity contribution in [3.8, 4) is 0 Å². The van der Waals surface area contributed by atoms with Gasteiger partial charge >= 0.3 is 0 Å². The van der Waals surface area contributed by atoms with Crippen LogP contribution >= 0.6 is 11.3 Å². The van der Waals surface area contributed by atoms with Crippen LogP contribution in [-0.2, 0) is 11.2 Å². The van der Waals surface area contributed by atoms with Crippen molar-refractivity contribution in [1.82, 2.24) is 15.1 Å². The molecular formula is C22H21FN4O2S. The van der Waals surface area contributed by atoms with Crippen LogP contribution in [0.5, 0.6) is 0 Å². The van der Waals surface area contributed by atoms with Crippen LogP contribution in [-0.4, -0.2) is 33.5 Å². The van der Waals surface area contributed by atoms with Gasteiger partial charge in [-0.05, 0) is 43.0 Å². The van der Waals surface area contributed by atoms with Gasteiger partial charge in [0.15, 0.2) is 0 Å². The summed E-state index contributed by atoms with van der Waals surface area (Å²) in [6, 6.07) is 15.5. The molecule has 2 heterocycles. The number of carbonyl (C=O) groups excluding carboxylic acids is 2. The molecular weight excluding hydrogens is 403 g/mol. The summed E-state index contributed by atoms with van der Waals surface area (Å²) >= 11 is 1.18. The van der Waals surface area contributed by atoms with Crippen molar-refractivity contribution in [2.75, 3.05) is 11.9 Å². The van der Waals surface area contributed by atoms with Gasteiger partial charge in [-0.2, -0.15) is 0 Å². The van der Waals surface area contributed by atoms with Crippen molar-refractivity contribution >= 4 is 28.8 Å². The highest BCUT2D eigenvalue weighted by molar-refractivity contribution is 7.13. The molecule has 1 N–H and O–H groups in total. The maximum atomic E-state index is 13.3. The monoisotopic (exact) mass is 424 g/mol. The first-order chi connectivity index (χ1) is 14.6. The van der Waals surface area contributed by atoms with E-state index in [9.17, 15) is 14.0 Å². The lowest BCUT2D eigenvalue weighted by Crippen LogP contribution is -2.30. The number of halogens is 1. The van der Waals surface area contributed by atoms with Gasteiger partial charge in [-0.3, -0.25) is 9.59 Å². The number of nitrogens with one attached hydrogen (secondary N) is 1. The largest absolute Gasteiger partial charge is 0.333 e. The average molecular weight is 425 g/mol. The molecule has 30 heavy (non-hydrogen) atoms. The van der Waals surface area contributed by atoms with Crippen LogP contribution in [0.3, 0.4) is 0 Å². The van der Waals surface area contributed by atoms with Gasteiger partial charge < -0.3 is 10.2 Å². The molecule has 2 amide bonds. The van der Waals surface area contributed by atoms with E-state index in [1.807, 2.05) is 35.2 Å². The molecule has 1 saturated heterocycles. The summed E-state index contributed by atoms with van der Waals surface area (Å²) < 4.78 is 13.3. The third-order valence-electron chi connectivity index (χ3n) is 5.05. The Hall–Kier alpha value is -3.13. The molecule has 1 aromatic heterocycles. The molecule has 1 aliphatic rings. The summed E-state index contributed by atoms with van der Waals surface area (Å²) in [6.45, 7) is 0.683. The Labute approximate surface area is 177 Å². The van der Waals surface area contributed by atoms with Gasteiger partial charge in [0.1, 0.15) is 10.8 Å². The maximum absolute atomic E-state index is 13.3. The van der Waals surface area contributed by atoms with E-state index in [1.54, 1.807) is 6.07 Å². The van der Waals surface area contributed by atoms with Gasteiger partial charge in [0, 0.05) is 18.7 Å². The van der Waals surface area contributed by atoms with E-state index in [1.165, 1.54) is 29.5 Å². The fourth-order valence-electron chi connectivity index (χ4n) is 3.57. The Balaban J connectivity index is 1.40. The Morgan fingerprint density at radius 2 is 1.97 bits per heavy atom. The second-order valence-electron chi connectivity index (χ2n) is 7.14. The van der Waals surface area contributed by atoms with Crippen molar-refractivity contribution < 1.29 is 14.0 Å². The second-order valence-corrected chi connectivity index (χ2v) is 8.15. The lowest BCUT2D eigenvalue weighted by molar-refractivity contribution is -0.132. The maximum Gasteiger partial charge on any atom is 0.286 e. The number of rotatable bonds is 6. The van der Waals surface area contributed by atoms with E-state index in [4.69, 9.17) is 0 Å². The molecule has 0 aliphatic carbocycles. The number of hydrogen-bond donors (Lipinski definition) is 1. The third-order valence-corrected chi connectivity index (χ3v) is 6.07. The summed E-state index contributed by atoms with van der Waals surface area (Å²) in [4.78, 5) is 27.1. The van der Waals surface area contributed by atoms with Crippen molar-refractivity contribution in [2.45, 2.75) is 31.7 Å². The predicted octanol–water partition coefficient (Wildman–Crippen LogP) is 4.23. The van der Waals surface area contributed by atoms with Crippen molar-refractivity contribution in [2.24, 2.45) is 0 Å². The molecule has 8 heteroatoms. The normalized spacial score (nSPS) is 15.9. The van der Waals surface area contributed by atoms with E-state index in [-0.39, 0.29) is 17.0 Å². The van der Waals surface area contributed by atoms with E-state index in [2.05, 4.69) is 15.5 Å². The third kappa shape index (κ3) is 4.71. The minimum absolute atomic E-state index is 0.0855. The average Bonchev–Trinajstić information content (AvgIpc) is 3.42. The number of aromatic nitrogens is 2. The predicted molar refractivity (Wildman–Crippen MR) is 113 cm³/mol. The zero-order valence-electron chi connectivity index (χ0n) is 16.3. The van der Waals surface area contributed by atoms with Gasteiger partial charge in [0.05, 0.1) is 6.04 Å². The van der Waals surface area contributed by atoms with Crippen molar-refractivity contribution in [3.05, 3.63) is 76.0 Å². The summed E-state index contributed by atoms with van der Waals surface area (Å²) in [5.74, 6) is -0.784. The molecule has 154 valence electrons. The fourth-order valence-corrected chi connectivity index (χ4v) is 4.46. The van der Waals surface area contributed by atoms with Gasteiger partial charge in [0.2, 0.25) is 10.9 Å². The Bertz CT molecular complexity index is 1040. The highest BCUT2D eigenvalue weighted by atomic mass is 32.1. The number of nitrogens with zero attached hydrogens (tertiary/aromatic N) is 3. The lowest BCUT2D eigenvalue weighted by atomic mass is 10.1. The Kier molecular flexibility index (Phi) is 6.13.